The molecule has 1 aliphatic heterocycles. The van der Waals surface area contributed by atoms with Gasteiger partial charge in [0, 0.05) is 50.3 Å². The highest BCUT2D eigenvalue weighted by Crippen LogP contribution is 2.37. The first-order chi connectivity index (χ1) is 17.6. The van der Waals surface area contributed by atoms with Crippen LogP contribution in [0.5, 0.6) is 5.75 Å². The number of aliphatic hydroxyl groups excluding tert-OH is 1. The van der Waals surface area contributed by atoms with Crippen LogP contribution in [0.3, 0.4) is 0 Å². The van der Waals surface area contributed by atoms with E-state index >= 15 is 0 Å². The molecular formula is C25H28FN7O3. The monoisotopic (exact) mass is 493 g/mol. The molecule has 0 bridgehead atoms. The summed E-state index contributed by atoms with van der Waals surface area (Å²) in [5.74, 6) is 1.24. The van der Waals surface area contributed by atoms with E-state index in [-0.39, 0.29) is 29.9 Å². The van der Waals surface area contributed by atoms with E-state index in [0.29, 0.717) is 42.6 Å². The molecule has 1 aliphatic rings. The van der Waals surface area contributed by atoms with Gasteiger partial charge in [0.05, 0.1) is 13.2 Å². The van der Waals surface area contributed by atoms with Crippen molar-refractivity contribution in [2.75, 3.05) is 44.4 Å². The molecule has 5 rings (SSSR count). The van der Waals surface area contributed by atoms with Crippen LogP contribution in [0.2, 0.25) is 0 Å². The first-order valence-electron chi connectivity index (χ1n) is 11.9. The molecule has 0 spiro atoms. The zero-order chi connectivity index (χ0) is 24.9. The SMILES string of the molecule is OCCOCCC1CNCCN1c1nc(-c2nnc(Cc3ccc(F)cc3)[nH]2)c(O)c2ncccc12. The molecule has 36 heavy (non-hydrogen) atoms. The van der Waals surface area contributed by atoms with Crippen molar-refractivity contribution in [3.63, 3.8) is 0 Å². The summed E-state index contributed by atoms with van der Waals surface area (Å²) in [6, 6.07) is 10.0. The van der Waals surface area contributed by atoms with Gasteiger partial charge in [-0.25, -0.2) is 9.37 Å². The van der Waals surface area contributed by atoms with Gasteiger partial charge < -0.3 is 30.2 Å². The van der Waals surface area contributed by atoms with Gasteiger partial charge in [0.1, 0.15) is 23.0 Å². The second-order valence-corrected chi connectivity index (χ2v) is 8.63. The lowest BCUT2D eigenvalue weighted by Crippen LogP contribution is -2.52. The Hall–Kier alpha value is -3.67. The van der Waals surface area contributed by atoms with Crippen LogP contribution in [0.25, 0.3) is 22.4 Å². The number of H-pyrrole nitrogens is 1. The van der Waals surface area contributed by atoms with Crippen molar-refractivity contribution in [2.24, 2.45) is 0 Å². The Bertz CT molecular complexity index is 1320. The van der Waals surface area contributed by atoms with Gasteiger partial charge in [0.15, 0.2) is 17.3 Å². The van der Waals surface area contributed by atoms with Gasteiger partial charge in [-0.05, 0) is 36.2 Å². The van der Waals surface area contributed by atoms with Crippen LogP contribution in [0, 0.1) is 5.82 Å². The summed E-state index contributed by atoms with van der Waals surface area (Å²) in [4.78, 5) is 14.7. The molecule has 1 unspecified atom stereocenters. The molecule has 0 amide bonds. The van der Waals surface area contributed by atoms with E-state index in [0.717, 1.165) is 37.0 Å². The molecule has 10 nitrogen and oxygen atoms in total. The number of aliphatic hydroxyl groups is 1. The van der Waals surface area contributed by atoms with Crippen LogP contribution in [0.1, 0.15) is 17.8 Å². The lowest BCUT2D eigenvalue weighted by atomic mass is 10.1. The number of nitrogens with one attached hydrogen (secondary N) is 2. The van der Waals surface area contributed by atoms with Crippen molar-refractivity contribution < 1.29 is 19.3 Å². The van der Waals surface area contributed by atoms with Gasteiger partial charge in [-0.15, -0.1) is 10.2 Å². The number of halogens is 1. The van der Waals surface area contributed by atoms with Crippen molar-refractivity contribution >= 4 is 16.7 Å². The van der Waals surface area contributed by atoms with Crippen LogP contribution < -0.4 is 10.2 Å². The van der Waals surface area contributed by atoms with Crippen molar-refractivity contribution in [1.29, 1.82) is 0 Å². The molecule has 4 N–H and O–H groups in total. The Morgan fingerprint density at radius 3 is 2.83 bits per heavy atom. The first-order valence-corrected chi connectivity index (χ1v) is 11.9. The van der Waals surface area contributed by atoms with E-state index in [4.69, 9.17) is 14.8 Å². The van der Waals surface area contributed by atoms with Crippen LogP contribution in [0.15, 0.2) is 42.6 Å². The van der Waals surface area contributed by atoms with Crippen molar-refractivity contribution in [3.05, 3.63) is 59.8 Å². The summed E-state index contributed by atoms with van der Waals surface area (Å²) in [6.45, 7) is 3.08. The third-order valence-corrected chi connectivity index (χ3v) is 6.21. The number of hydrogen-bond donors (Lipinski definition) is 4. The Kier molecular flexibility index (Phi) is 7.31. The van der Waals surface area contributed by atoms with E-state index in [1.807, 2.05) is 12.1 Å². The average Bonchev–Trinajstić information content (AvgIpc) is 3.37. The Balaban J connectivity index is 1.49. The zero-order valence-electron chi connectivity index (χ0n) is 19.7. The maximum atomic E-state index is 13.2. The quantitative estimate of drug-likeness (QED) is 0.259. The molecule has 4 heterocycles. The third-order valence-electron chi connectivity index (χ3n) is 6.21. The molecule has 188 valence electrons. The lowest BCUT2D eigenvalue weighted by Gasteiger charge is -2.38. The van der Waals surface area contributed by atoms with Gasteiger partial charge >= 0.3 is 0 Å². The smallest absolute Gasteiger partial charge is 0.184 e. The number of anilines is 1. The van der Waals surface area contributed by atoms with Gasteiger partial charge in [0.2, 0.25) is 0 Å². The predicted octanol–water partition coefficient (Wildman–Crippen LogP) is 2.03. The van der Waals surface area contributed by atoms with Gasteiger partial charge in [-0.3, -0.25) is 4.98 Å². The number of aromatic nitrogens is 5. The number of aromatic hydroxyl groups is 1. The molecule has 1 atom stereocenters. The lowest BCUT2D eigenvalue weighted by molar-refractivity contribution is 0.0866. The van der Waals surface area contributed by atoms with E-state index in [1.54, 1.807) is 18.3 Å². The molecular weight excluding hydrogens is 465 g/mol. The molecule has 3 aromatic heterocycles. The second kappa shape index (κ2) is 10.9. The minimum absolute atomic E-state index is 0.00779. The Labute approximate surface area is 207 Å². The Morgan fingerprint density at radius 2 is 2.00 bits per heavy atom. The van der Waals surface area contributed by atoms with Gasteiger partial charge in [-0.2, -0.15) is 0 Å². The van der Waals surface area contributed by atoms with Crippen LogP contribution >= 0.6 is 0 Å². The number of piperazine rings is 1. The number of rotatable bonds is 9. The van der Waals surface area contributed by atoms with Crippen molar-refractivity contribution in [2.45, 2.75) is 18.9 Å². The Morgan fingerprint density at radius 1 is 1.14 bits per heavy atom. The summed E-state index contributed by atoms with van der Waals surface area (Å²) in [5, 5.41) is 32.7. The maximum absolute atomic E-state index is 13.2. The molecule has 0 saturated carbocycles. The topological polar surface area (TPSA) is 132 Å². The van der Waals surface area contributed by atoms with Crippen molar-refractivity contribution in [3.8, 4) is 17.3 Å². The minimum atomic E-state index is -0.298. The van der Waals surface area contributed by atoms with E-state index in [9.17, 15) is 9.50 Å². The second-order valence-electron chi connectivity index (χ2n) is 8.63. The number of pyridine rings is 2. The number of aromatic amines is 1. The van der Waals surface area contributed by atoms with Crippen molar-refractivity contribution in [1.82, 2.24) is 30.5 Å². The van der Waals surface area contributed by atoms with Gasteiger partial charge in [-0.1, -0.05) is 12.1 Å². The van der Waals surface area contributed by atoms with Crippen LogP contribution in [-0.4, -0.2) is 80.9 Å². The van der Waals surface area contributed by atoms with Crippen LogP contribution in [0.4, 0.5) is 10.2 Å². The van der Waals surface area contributed by atoms with E-state index in [2.05, 4.69) is 30.4 Å². The molecule has 1 aromatic carbocycles. The minimum Gasteiger partial charge on any atom is -0.504 e. The summed E-state index contributed by atoms with van der Waals surface area (Å²) >= 11 is 0. The van der Waals surface area contributed by atoms with Gasteiger partial charge in [0.25, 0.3) is 0 Å². The third kappa shape index (κ3) is 5.13. The standard InChI is InChI=1S/C25H28FN7O3/c26-17-5-3-16(4-6-17)14-20-29-24(32-31-20)22-23(35)21-19(2-1-8-28-21)25(30-22)33-10-9-27-15-18(33)7-12-36-13-11-34/h1-6,8,18,27,34-35H,7,9-15H2,(H,29,31,32). The molecule has 0 aliphatic carbocycles. The predicted molar refractivity (Wildman–Crippen MR) is 132 cm³/mol. The number of nitrogens with zero attached hydrogens (tertiary/aromatic N) is 5. The maximum Gasteiger partial charge on any atom is 0.184 e. The molecule has 4 aromatic rings. The zero-order valence-corrected chi connectivity index (χ0v) is 19.7. The normalized spacial score (nSPS) is 16.1. The van der Waals surface area contributed by atoms with Crippen LogP contribution in [-0.2, 0) is 11.2 Å². The number of ether oxygens (including phenoxy) is 1. The van der Waals surface area contributed by atoms with E-state index < -0.39 is 0 Å². The molecule has 11 heteroatoms. The molecule has 0 radical (unpaired) electrons. The first kappa shape index (κ1) is 24.0. The summed E-state index contributed by atoms with van der Waals surface area (Å²) < 4.78 is 18.7. The number of fused-ring (bicyclic) bond motifs is 1. The summed E-state index contributed by atoms with van der Waals surface area (Å²) in [5.41, 5.74) is 1.58. The molecule has 1 fully saturated rings. The average molecular weight is 494 g/mol. The fourth-order valence-electron chi connectivity index (χ4n) is 4.45. The largest absolute Gasteiger partial charge is 0.504 e. The fourth-order valence-corrected chi connectivity index (χ4v) is 4.45. The highest BCUT2D eigenvalue weighted by molar-refractivity contribution is 5.97. The summed E-state index contributed by atoms with van der Waals surface area (Å²) in [6.07, 6.45) is 2.81. The number of hydrogen-bond acceptors (Lipinski definition) is 9. The number of benzene rings is 1. The fraction of sp³-hybridized carbons (Fsp3) is 0.360. The molecule has 1 saturated heterocycles. The van der Waals surface area contributed by atoms with E-state index in [1.165, 1.54) is 12.1 Å². The summed E-state index contributed by atoms with van der Waals surface area (Å²) in [7, 11) is 0. The highest BCUT2D eigenvalue weighted by atomic mass is 19.1. The highest BCUT2D eigenvalue weighted by Gasteiger charge is 2.28.